The Morgan fingerprint density at radius 1 is 1.33 bits per heavy atom. The van der Waals surface area contributed by atoms with Gasteiger partial charge < -0.3 is 9.72 Å². The largest absolute Gasteiger partial charge is 0.461 e. The van der Waals surface area contributed by atoms with E-state index < -0.39 is 23.4 Å². The van der Waals surface area contributed by atoms with Crippen molar-refractivity contribution in [1.82, 2.24) is 4.98 Å². The standard InChI is InChI=1S/C12H14F3NO2/c1-2-18-11(17)10-9(12(13,14)15)7-5-3-4-6-8(7)16-10/h16H,2-6H2,1H3. The maximum atomic E-state index is 13.0. The molecule has 1 heterocycles. The van der Waals surface area contributed by atoms with E-state index in [4.69, 9.17) is 0 Å². The molecule has 0 aliphatic heterocycles. The van der Waals surface area contributed by atoms with Crippen LogP contribution in [0.2, 0.25) is 0 Å². The Hall–Kier alpha value is -1.46. The average molecular weight is 261 g/mol. The smallest absolute Gasteiger partial charge is 0.419 e. The highest BCUT2D eigenvalue weighted by Crippen LogP contribution is 2.39. The Bertz CT molecular complexity index is 463. The number of H-pyrrole nitrogens is 1. The molecular formula is C12H14F3NO2. The molecule has 0 amide bonds. The van der Waals surface area contributed by atoms with Crippen molar-refractivity contribution in [3.05, 3.63) is 22.5 Å². The fourth-order valence-corrected chi connectivity index (χ4v) is 2.35. The van der Waals surface area contributed by atoms with Gasteiger partial charge in [0.1, 0.15) is 5.69 Å². The molecule has 0 saturated heterocycles. The molecule has 6 heteroatoms. The minimum atomic E-state index is -4.52. The first-order chi connectivity index (χ1) is 8.45. The number of rotatable bonds is 2. The van der Waals surface area contributed by atoms with Gasteiger partial charge in [0.25, 0.3) is 0 Å². The van der Waals surface area contributed by atoms with Crippen LogP contribution in [0.25, 0.3) is 0 Å². The lowest BCUT2D eigenvalue weighted by Crippen LogP contribution is -2.16. The second kappa shape index (κ2) is 4.66. The molecule has 0 unspecified atom stereocenters. The van der Waals surface area contributed by atoms with Gasteiger partial charge in [0.15, 0.2) is 0 Å². The van der Waals surface area contributed by atoms with E-state index in [1.54, 1.807) is 6.92 Å². The number of carbonyl (C=O) groups is 1. The zero-order valence-electron chi connectivity index (χ0n) is 9.99. The van der Waals surface area contributed by atoms with Crippen molar-refractivity contribution in [2.24, 2.45) is 0 Å². The van der Waals surface area contributed by atoms with E-state index in [9.17, 15) is 18.0 Å². The number of carbonyl (C=O) groups excluding carboxylic acids is 1. The van der Waals surface area contributed by atoms with Gasteiger partial charge in [-0.3, -0.25) is 0 Å². The summed E-state index contributed by atoms with van der Waals surface area (Å²) >= 11 is 0. The third-order valence-corrected chi connectivity index (χ3v) is 3.06. The zero-order valence-corrected chi connectivity index (χ0v) is 9.99. The summed E-state index contributed by atoms with van der Waals surface area (Å²) in [6, 6.07) is 0. The van der Waals surface area contributed by atoms with Crippen LogP contribution < -0.4 is 0 Å². The summed E-state index contributed by atoms with van der Waals surface area (Å²) in [5.41, 5.74) is -0.527. The number of halogens is 3. The van der Waals surface area contributed by atoms with E-state index in [0.717, 1.165) is 12.8 Å². The van der Waals surface area contributed by atoms with Gasteiger partial charge in [0, 0.05) is 5.69 Å². The molecule has 1 aromatic rings. The van der Waals surface area contributed by atoms with Gasteiger partial charge in [0.05, 0.1) is 12.2 Å². The molecule has 1 N–H and O–H groups in total. The molecule has 0 spiro atoms. The van der Waals surface area contributed by atoms with Crippen LogP contribution in [-0.4, -0.2) is 17.6 Å². The number of aromatic nitrogens is 1. The van der Waals surface area contributed by atoms with Gasteiger partial charge in [-0.25, -0.2) is 4.79 Å². The summed E-state index contributed by atoms with van der Waals surface area (Å²) < 4.78 is 43.8. The van der Waals surface area contributed by atoms with Crippen molar-refractivity contribution in [2.45, 2.75) is 38.8 Å². The average Bonchev–Trinajstić information content (AvgIpc) is 2.68. The molecule has 2 rings (SSSR count). The highest BCUT2D eigenvalue weighted by molar-refractivity contribution is 5.90. The third kappa shape index (κ3) is 2.23. The van der Waals surface area contributed by atoms with E-state index in [-0.39, 0.29) is 12.2 Å². The number of aryl methyl sites for hydroxylation is 1. The third-order valence-electron chi connectivity index (χ3n) is 3.06. The summed E-state index contributed by atoms with van der Waals surface area (Å²) in [7, 11) is 0. The fourth-order valence-electron chi connectivity index (χ4n) is 2.35. The van der Waals surface area contributed by atoms with Gasteiger partial charge >= 0.3 is 12.1 Å². The van der Waals surface area contributed by atoms with Crippen LogP contribution in [0.15, 0.2) is 0 Å². The number of hydrogen-bond donors (Lipinski definition) is 1. The molecule has 100 valence electrons. The molecule has 0 aromatic carbocycles. The maximum Gasteiger partial charge on any atom is 0.419 e. The molecule has 1 aliphatic rings. The van der Waals surface area contributed by atoms with Crippen molar-refractivity contribution in [3.63, 3.8) is 0 Å². The van der Waals surface area contributed by atoms with Gasteiger partial charge in [0.2, 0.25) is 0 Å². The number of alkyl halides is 3. The zero-order chi connectivity index (χ0) is 13.3. The number of fused-ring (bicyclic) bond motifs is 1. The lowest BCUT2D eigenvalue weighted by atomic mass is 9.94. The maximum absolute atomic E-state index is 13.0. The molecular weight excluding hydrogens is 247 g/mol. The Morgan fingerprint density at radius 2 is 2.00 bits per heavy atom. The van der Waals surface area contributed by atoms with Crippen molar-refractivity contribution in [1.29, 1.82) is 0 Å². The normalized spacial score (nSPS) is 15.3. The van der Waals surface area contributed by atoms with Crippen LogP contribution in [0.3, 0.4) is 0 Å². The molecule has 18 heavy (non-hydrogen) atoms. The second-order valence-electron chi connectivity index (χ2n) is 4.26. The highest BCUT2D eigenvalue weighted by Gasteiger charge is 2.41. The summed E-state index contributed by atoms with van der Waals surface area (Å²) in [6.07, 6.45) is -2.05. The molecule has 0 atom stereocenters. The van der Waals surface area contributed by atoms with E-state index in [1.807, 2.05) is 0 Å². The highest BCUT2D eigenvalue weighted by atomic mass is 19.4. The minimum absolute atomic E-state index is 0.0554. The molecule has 3 nitrogen and oxygen atoms in total. The van der Waals surface area contributed by atoms with E-state index in [1.165, 1.54) is 0 Å². The fraction of sp³-hybridized carbons (Fsp3) is 0.583. The number of esters is 1. The van der Waals surface area contributed by atoms with Crippen molar-refractivity contribution in [3.8, 4) is 0 Å². The summed E-state index contributed by atoms with van der Waals surface area (Å²) in [6.45, 7) is 1.62. The van der Waals surface area contributed by atoms with Crippen LogP contribution in [-0.2, 0) is 23.8 Å². The van der Waals surface area contributed by atoms with Crippen LogP contribution in [0.1, 0.15) is 47.1 Å². The topological polar surface area (TPSA) is 42.1 Å². The number of nitrogens with one attached hydrogen (secondary N) is 1. The van der Waals surface area contributed by atoms with Crippen LogP contribution in [0, 0.1) is 0 Å². The first-order valence-electron chi connectivity index (χ1n) is 5.93. The number of hydrogen-bond acceptors (Lipinski definition) is 2. The Balaban J connectivity index is 2.51. The lowest BCUT2D eigenvalue weighted by Gasteiger charge is -2.14. The Labute approximate surface area is 102 Å². The summed E-state index contributed by atoms with van der Waals surface area (Å²) in [4.78, 5) is 14.2. The number of ether oxygens (including phenoxy) is 1. The SMILES string of the molecule is CCOC(=O)c1[nH]c2c(c1C(F)(F)F)CCCC2. The van der Waals surface area contributed by atoms with E-state index in [0.29, 0.717) is 18.5 Å². The molecule has 0 saturated carbocycles. The Kier molecular flexibility index (Phi) is 3.36. The lowest BCUT2D eigenvalue weighted by molar-refractivity contribution is -0.138. The number of aromatic amines is 1. The van der Waals surface area contributed by atoms with Crippen LogP contribution >= 0.6 is 0 Å². The molecule has 0 radical (unpaired) electrons. The quantitative estimate of drug-likeness (QED) is 0.831. The Morgan fingerprint density at radius 3 is 2.61 bits per heavy atom. The van der Waals surface area contributed by atoms with Gasteiger partial charge in [-0.2, -0.15) is 13.2 Å². The van der Waals surface area contributed by atoms with Crippen LogP contribution in [0.4, 0.5) is 13.2 Å². The van der Waals surface area contributed by atoms with Crippen LogP contribution in [0.5, 0.6) is 0 Å². The second-order valence-corrected chi connectivity index (χ2v) is 4.26. The monoisotopic (exact) mass is 261 g/mol. The van der Waals surface area contributed by atoms with E-state index >= 15 is 0 Å². The van der Waals surface area contributed by atoms with Gasteiger partial charge in [-0.1, -0.05) is 0 Å². The summed E-state index contributed by atoms with van der Waals surface area (Å²) in [5.74, 6) is -0.931. The van der Waals surface area contributed by atoms with Gasteiger partial charge in [-0.15, -0.1) is 0 Å². The van der Waals surface area contributed by atoms with Crippen molar-refractivity contribution >= 4 is 5.97 Å². The first-order valence-corrected chi connectivity index (χ1v) is 5.93. The van der Waals surface area contributed by atoms with E-state index in [2.05, 4.69) is 9.72 Å². The molecule has 0 fully saturated rings. The van der Waals surface area contributed by atoms with Crippen molar-refractivity contribution < 1.29 is 22.7 Å². The molecule has 1 aromatic heterocycles. The molecule has 1 aliphatic carbocycles. The predicted octanol–water partition coefficient (Wildman–Crippen LogP) is 3.09. The minimum Gasteiger partial charge on any atom is -0.461 e. The molecule has 0 bridgehead atoms. The van der Waals surface area contributed by atoms with Crippen molar-refractivity contribution in [2.75, 3.05) is 6.61 Å². The predicted molar refractivity (Wildman–Crippen MR) is 58.4 cm³/mol. The summed E-state index contributed by atoms with van der Waals surface area (Å²) in [5, 5.41) is 0. The first kappa shape index (κ1) is 13.0. The van der Waals surface area contributed by atoms with Gasteiger partial charge in [-0.05, 0) is 38.2 Å².